The molecule has 1 aliphatic rings. The lowest BCUT2D eigenvalue weighted by Crippen LogP contribution is -2.49. The van der Waals surface area contributed by atoms with Gasteiger partial charge < -0.3 is 10.0 Å². The van der Waals surface area contributed by atoms with Gasteiger partial charge >= 0.3 is 5.97 Å². The molecule has 0 aromatic carbocycles. The predicted octanol–water partition coefficient (Wildman–Crippen LogP) is 1.51. The van der Waals surface area contributed by atoms with Crippen LogP contribution in [-0.2, 0) is 16.0 Å². The molecule has 1 fully saturated rings. The first-order valence-electron chi connectivity index (χ1n) is 7.27. The van der Waals surface area contributed by atoms with E-state index in [1.165, 1.54) is 6.92 Å². The molecule has 2 rings (SSSR count). The predicted molar refractivity (Wildman–Crippen MR) is 76.5 cm³/mol. The van der Waals surface area contributed by atoms with Crippen molar-refractivity contribution in [3.63, 3.8) is 0 Å². The average Bonchev–Trinajstić information content (AvgIpc) is 2.48. The van der Waals surface area contributed by atoms with Crippen molar-refractivity contribution in [3.8, 4) is 0 Å². The maximum Gasteiger partial charge on any atom is 0.311 e. The number of carbonyl (C=O) groups excluding carboxylic acids is 1. The molecule has 0 bridgehead atoms. The zero-order chi connectivity index (χ0) is 15.3. The van der Waals surface area contributed by atoms with Crippen molar-refractivity contribution >= 4 is 11.9 Å². The number of hydrogen-bond donors (Lipinski definition) is 1. The fourth-order valence-corrected chi connectivity index (χ4v) is 2.95. The zero-order valence-electron chi connectivity index (χ0n) is 12.3. The highest BCUT2D eigenvalue weighted by Crippen LogP contribution is 2.35. The van der Waals surface area contributed by atoms with Crippen molar-refractivity contribution in [1.82, 2.24) is 14.9 Å². The SMILES string of the molecule is CC(=O)N1CCC[C@@](CCCc2cnccn2)(C(=O)O)C1. The van der Waals surface area contributed by atoms with Gasteiger partial charge in [-0.2, -0.15) is 0 Å². The number of piperidine rings is 1. The van der Waals surface area contributed by atoms with Crippen LogP contribution in [0.3, 0.4) is 0 Å². The quantitative estimate of drug-likeness (QED) is 0.889. The lowest BCUT2D eigenvalue weighted by molar-refractivity contribution is -0.155. The number of carboxylic acid groups (broad SMARTS) is 1. The molecular formula is C15H21N3O3. The highest BCUT2D eigenvalue weighted by atomic mass is 16.4. The summed E-state index contributed by atoms with van der Waals surface area (Å²) in [6, 6.07) is 0. The maximum absolute atomic E-state index is 11.7. The molecule has 1 atom stereocenters. The molecule has 1 saturated heterocycles. The number of nitrogens with zero attached hydrogens (tertiary/aromatic N) is 3. The van der Waals surface area contributed by atoms with Crippen LogP contribution in [0.1, 0.15) is 38.3 Å². The van der Waals surface area contributed by atoms with Gasteiger partial charge in [0.05, 0.1) is 11.1 Å². The van der Waals surface area contributed by atoms with Gasteiger partial charge in [0.25, 0.3) is 0 Å². The summed E-state index contributed by atoms with van der Waals surface area (Å²) in [7, 11) is 0. The number of amides is 1. The number of hydrogen-bond acceptors (Lipinski definition) is 4. The van der Waals surface area contributed by atoms with Crippen molar-refractivity contribution in [1.29, 1.82) is 0 Å². The van der Waals surface area contributed by atoms with Gasteiger partial charge in [0, 0.05) is 38.6 Å². The first kappa shape index (κ1) is 15.4. The summed E-state index contributed by atoms with van der Waals surface area (Å²) in [5, 5.41) is 9.62. The van der Waals surface area contributed by atoms with Gasteiger partial charge in [0.15, 0.2) is 0 Å². The fourth-order valence-electron chi connectivity index (χ4n) is 2.95. The van der Waals surface area contributed by atoms with Gasteiger partial charge in [-0.1, -0.05) is 0 Å². The first-order chi connectivity index (χ1) is 10.0. The second kappa shape index (κ2) is 6.65. The smallest absolute Gasteiger partial charge is 0.311 e. The molecule has 1 amide bonds. The summed E-state index contributed by atoms with van der Waals surface area (Å²) in [6.07, 6.45) is 8.34. The molecular weight excluding hydrogens is 270 g/mol. The molecule has 1 N–H and O–H groups in total. The van der Waals surface area contributed by atoms with Gasteiger partial charge in [-0.3, -0.25) is 19.6 Å². The first-order valence-corrected chi connectivity index (χ1v) is 7.27. The van der Waals surface area contributed by atoms with Gasteiger partial charge in [-0.15, -0.1) is 0 Å². The number of aryl methyl sites for hydroxylation is 1. The molecule has 1 aromatic heterocycles. The Hall–Kier alpha value is -1.98. The summed E-state index contributed by atoms with van der Waals surface area (Å²) >= 11 is 0. The van der Waals surface area contributed by atoms with Gasteiger partial charge in [-0.05, 0) is 32.1 Å². The van der Waals surface area contributed by atoms with Crippen LogP contribution in [0.2, 0.25) is 0 Å². The van der Waals surface area contributed by atoms with Crippen LogP contribution in [0.25, 0.3) is 0 Å². The van der Waals surface area contributed by atoms with E-state index in [1.807, 2.05) is 0 Å². The van der Waals surface area contributed by atoms with Crippen LogP contribution in [0.15, 0.2) is 18.6 Å². The number of carboxylic acids is 1. The third kappa shape index (κ3) is 3.77. The van der Waals surface area contributed by atoms with Gasteiger partial charge in [0.1, 0.15) is 0 Å². The van der Waals surface area contributed by atoms with E-state index in [9.17, 15) is 14.7 Å². The minimum Gasteiger partial charge on any atom is -0.481 e. The van der Waals surface area contributed by atoms with Gasteiger partial charge in [0.2, 0.25) is 5.91 Å². The fraction of sp³-hybridized carbons (Fsp3) is 0.600. The van der Waals surface area contributed by atoms with Crippen molar-refractivity contribution < 1.29 is 14.7 Å². The maximum atomic E-state index is 11.7. The van der Waals surface area contributed by atoms with Crippen LogP contribution in [0.5, 0.6) is 0 Å². The topological polar surface area (TPSA) is 83.4 Å². The third-order valence-electron chi connectivity index (χ3n) is 4.18. The van der Waals surface area contributed by atoms with Crippen LogP contribution in [0.4, 0.5) is 0 Å². The Bertz CT molecular complexity index is 506. The number of aliphatic carboxylic acids is 1. The van der Waals surface area contributed by atoms with Gasteiger partial charge in [-0.25, -0.2) is 0 Å². The zero-order valence-corrected chi connectivity index (χ0v) is 12.3. The molecule has 2 heterocycles. The van der Waals surface area contributed by atoms with Crippen LogP contribution >= 0.6 is 0 Å². The second-order valence-electron chi connectivity index (χ2n) is 5.68. The van der Waals surface area contributed by atoms with Crippen LogP contribution in [0, 0.1) is 5.41 Å². The van der Waals surface area contributed by atoms with E-state index in [4.69, 9.17) is 0 Å². The number of carbonyl (C=O) groups is 2. The van der Waals surface area contributed by atoms with Crippen molar-refractivity contribution in [2.24, 2.45) is 5.41 Å². The Kier molecular flexibility index (Phi) is 4.88. The average molecular weight is 291 g/mol. The lowest BCUT2D eigenvalue weighted by atomic mass is 9.75. The van der Waals surface area contributed by atoms with Crippen LogP contribution in [-0.4, -0.2) is 44.9 Å². The summed E-state index contributed by atoms with van der Waals surface area (Å²) < 4.78 is 0. The van der Waals surface area contributed by atoms with E-state index in [0.717, 1.165) is 18.5 Å². The molecule has 1 aliphatic heterocycles. The summed E-state index contributed by atoms with van der Waals surface area (Å²) in [5.74, 6) is -0.846. The third-order valence-corrected chi connectivity index (χ3v) is 4.18. The molecule has 114 valence electrons. The number of likely N-dealkylation sites (tertiary alicyclic amines) is 1. The monoisotopic (exact) mass is 291 g/mol. The van der Waals surface area contributed by atoms with E-state index in [0.29, 0.717) is 32.4 Å². The molecule has 0 saturated carbocycles. The largest absolute Gasteiger partial charge is 0.481 e. The highest BCUT2D eigenvalue weighted by Gasteiger charge is 2.42. The minimum atomic E-state index is -0.813. The Morgan fingerprint density at radius 2 is 2.24 bits per heavy atom. The summed E-state index contributed by atoms with van der Waals surface area (Å²) in [4.78, 5) is 33.1. The molecule has 0 spiro atoms. The second-order valence-corrected chi connectivity index (χ2v) is 5.68. The normalized spacial score (nSPS) is 22.0. The minimum absolute atomic E-state index is 0.0470. The van der Waals surface area contributed by atoms with E-state index in [1.54, 1.807) is 23.5 Å². The van der Waals surface area contributed by atoms with Crippen molar-refractivity contribution in [2.45, 2.75) is 39.0 Å². The molecule has 0 unspecified atom stereocenters. The Balaban J connectivity index is 1.98. The summed E-state index contributed by atoms with van der Waals surface area (Å²) in [6.45, 7) is 2.48. The van der Waals surface area contributed by atoms with E-state index < -0.39 is 11.4 Å². The van der Waals surface area contributed by atoms with Crippen molar-refractivity contribution in [2.75, 3.05) is 13.1 Å². The highest BCUT2D eigenvalue weighted by molar-refractivity contribution is 5.78. The van der Waals surface area contributed by atoms with E-state index >= 15 is 0 Å². The van der Waals surface area contributed by atoms with E-state index in [-0.39, 0.29) is 5.91 Å². The van der Waals surface area contributed by atoms with E-state index in [2.05, 4.69) is 9.97 Å². The Morgan fingerprint density at radius 3 is 2.86 bits per heavy atom. The molecule has 0 aliphatic carbocycles. The van der Waals surface area contributed by atoms with Crippen molar-refractivity contribution in [3.05, 3.63) is 24.3 Å². The Morgan fingerprint density at radius 1 is 1.43 bits per heavy atom. The summed E-state index contributed by atoms with van der Waals surface area (Å²) in [5.41, 5.74) is 0.0591. The lowest BCUT2D eigenvalue weighted by Gasteiger charge is -2.39. The molecule has 1 aromatic rings. The molecule has 6 nitrogen and oxygen atoms in total. The molecule has 0 radical (unpaired) electrons. The van der Waals surface area contributed by atoms with Crippen LogP contribution < -0.4 is 0 Å². The Labute approximate surface area is 124 Å². The number of aromatic nitrogens is 2. The standard InChI is InChI=1S/C15H21N3O3/c1-12(19)18-9-3-6-15(11-18,14(20)21)5-2-4-13-10-16-7-8-17-13/h7-8,10H,2-6,9,11H2,1H3,(H,20,21)/t15-/m1/s1. The molecule has 6 heteroatoms. The molecule has 21 heavy (non-hydrogen) atoms. The number of rotatable bonds is 5.